The van der Waals surface area contributed by atoms with Crippen LogP contribution in [0.2, 0.25) is 0 Å². The second kappa shape index (κ2) is 19.9. The summed E-state index contributed by atoms with van der Waals surface area (Å²) in [4.78, 5) is 27.8. The first-order chi connectivity index (χ1) is 30.6. The van der Waals surface area contributed by atoms with Crippen molar-refractivity contribution in [3.8, 4) is 5.75 Å². The molecule has 12 nitrogen and oxygen atoms in total. The Hall–Kier alpha value is -3.98. The summed E-state index contributed by atoms with van der Waals surface area (Å²) in [7, 11) is 3.23. The van der Waals surface area contributed by atoms with Gasteiger partial charge < -0.3 is 47.7 Å². The van der Waals surface area contributed by atoms with Crippen LogP contribution in [-0.2, 0) is 55.9 Å². The van der Waals surface area contributed by atoms with Crippen LogP contribution in [0.3, 0.4) is 0 Å². The Morgan fingerprint density at radius 3 is 2.14 bits per heavy atom. The minimum absolute atomic E-state index is 0.0245. The highest BCUT2D eigenvalue weighted by molar-refractivity contribution is 5.89. The molecule has 0 radical (unpaired) electrons. The molecule has 0 aromatic heterocycles. The van der Waals surface area contributed by atoms with Crippen molar-refractivity contribution in [2.24, 2.45) is 23.7 Å². The number of esters is 1. The number of ketones is 1. The number of rotatable bonds is 17. The van der Waals surface area contributed by atoms with Gasteiger partial charge in [-0.3, -0.25) is 4.79 Å². The lowest BCUT2D eigenvalue weighted by molar-refractivity contribution is -0.345. The Balaban J connectivity index is 1.06. The molecule has 1 spiro atoms. The maximum atomic E-state index is 14.1. The van der Waals surface area contributed by atoms with Crippen molar-refractivity contribution in [3.05, 3.63) is 114 Å². The Labute approximate surface area is 378 Å². The molecule has 4 aliphatic rings. The molecule has 4 heterocycles. The Kier molecular flexibility index (Phi) is 14.9. The molecule has 13 atom stereocenters. The molecule has 348 valence electrons. The molecule has 4 saturated heterocycles. The molecule has 0 aliphatic carbocycles. The topological polar surface area (TPSA) is 137 Å². The van der Waals surface area contributed by atoms with E-state index in [2.05, 4.69) is 6.58 Å². The molecule has 3 aromatic rings. The van der Waals surface area contributed by atoms with E-state index >= 15 is 0 Å². The zero-order valence-corrected chi connectivity index (χ0v) is 38.8. The summed E-state index contributed by atoms with van der Waals surface area (Å²) in [6.07, 6.45) is -0.942. The maximum Gasteiger partial charge on any atom is 0.338 e. The fourth-order valence-electron chi connectivity index (χ4n) is 10.3. The third kappa shape index (κ3) is 9.76. The van der Waals surface area contributed by atoms with E-state index in [0.717, 1.165) is 16.9 Å². The highest BCUT2D eigenvalue weighted by Gasteiger charge is 2.63. The summed E-state index contributed by atoms with van der Waals surface area (Å²) in [6.45, 7) is 17.4. The number of carbonyl (C=O) groups is 2. The van der Waals surface area contributed by atoms with Crippen molar-refractivity contribution >= 4 is 11.8 Å². The average Bonchev–Trinajstić information content (AvgIpc) is 3.89. The fraction of sp³-hybridized carbons (Fsp3) is 0.577. The van der Waals surface area contributed by atoms with Gasteiger partial charge in [-0.15, -0.1) is 0 Å². The van der Waals surface area contributed by atoms with E-state index in [1.165, 1.54) is 0 Å². The highest BCUT2D eigenvalue weighted by atomic mass is 16.7. The van der Waals surface area contributed by atoms with Crippen molar-refractivity contribution in [2.75, 3.05) is 27.4 Å². The Morgan fingerprint density at radius 2 is 1.48 bits per heavy atom. The van der Waals surface area contributed by atoms with Crippen LogP contribution in [0.15, 0.2) is 97.1 Å². The van der Waals surface area contributed by atoms with E-state index in [1.807, 2.05) is 102 Å². The standard InChI is InChI=1S/C52H68O12/c1-33(29-58-30-38-16-12-10-13-17-38)52(57-9)37(5)47(60-48(55)40-18-14-11-15-19-40)35(3)46(63-52)34(2)43-28-42(53)36(4)51(61-43)27-26-50(7,64-51)45-24-25-49(6,62-45)44(54)32-59-31-39-20-22-41(56-8)23-21-39/h10-23,33-34,36-37,43-47,54H,3,24-32H2,1-2,4-9H3/t33-,34+,36+,37+,43-,44+,45+,46+,47-,49-,50-,51+,52-/m0/s1. The molecule has 4 aliphatic heterocycles. The predicted molar refractivity (Wildman–Crippen MR) is 239 cm³/mol. The van der Waals surface area contributed by atoms with E-state index < -0.39 is 70.9 Å². The van der Waals surface area contributed by atoms with Crippen LogP contribution in [0, 0.1) is 23.7 Å². The lowest BCUT2D eigenvalue weighted by atomic mass is 9.74. The van der Waals surface area contributed by atoms with Crippen LogP contribution in [0.1, 0.15) is 95.1 Å². The van der Waals surface area contributed by atoms with Crippen LogP contribution >= 0.6 is 0 Å². The first-order valence-corrected chi connectivity index (χ1v) is 22.8. The molecular weight excluding hydrogens is 817 g/mol. The highest BCUT2D eigenvalue weighted by Crippen LogP contribution is 2.54. The molecular formula is C52H68O12. The maximum absolute atomic E-state index is 14.1. The van der Waals surface area contributed by atoms with Crippen LogP contribution in [0.5, 0.6) is 5.75 Å². The lowest BCUT2D eigenvalue weighted by Crippen LogP contribution is -2.63. The Bertz CT molecular complexity index is 2050. The van der Waals surface area contributed by atoms with E-state index in [-0.39, 0.29) is 30.8 Å². The minimum atomic E-state index is -1.28. The van der Waals surface area contributed by atoms with Crippen LogP contribution < -0.4 is 4.74 Å². The van der Waals surface area contributed by atoms with Crippen LogP contribution in [0.4, 0.5) is 0 Å². The van der Waals surface area contributed by atoms with E-state index in [4.69, 9.17) is 42.6 Å². The average molecular weight is 885 g/mol. The molecule has 4 fully saturated rings. The van der Waals surface area contributed by atoms with Gasteiger partial charge in [-0.2, -0.15) is 0 Å². The molecule has 0 unspecified atom stereocenters. The van der Waals surface area contributed by atoms with Gasteiger partial charge >= 0.3 is 5.97 Å². The zero-order chi connectivity index (χ0) is 45.9. The fourth-order valence-corrected chi connectivity index (χ4v) is 10.3. The van der Waals surface area contributed by atoms with Gasteiger partial charge in [0.15, 0.2) is 11.6 Å². The van der Waals surface area contributed by atoms with E-state index in [0.29, 0.717) is 56.6 Å². The number of ether oxygens (including phenoxy) is 9. The molecule has 0 saturated carbocycles. The number of methoxy groups -OCH3 is 2. The lowest BCUT2D eigenvalue weighted by Gasteiger charge is -2.54. The molecule has 0 bridgehead atoms. The number of hydrogen-bond acceptors (Lipinski definition) is 12. The third-order valence-electron chi connectivity index (χ3n) is 14.6. The summed E-state index contributed by atoms with van der Waals surface area (Å²) in [6, 6.07) is 26.4. The monoisotopic (exact) mass is 884 g/mol. The normalized spacial score (nSPS) is 34.4. The molecule has 7 rings (SSSR count). The summed E-state index contributed by atoms with van der Waals surface area (Å²) in [5, 5.41) is 11.4. The first-order valence-electron chi connectivity index (χ1n) is 22.8. The number of benzene rings is 3. The zero-order valence-electron chi connectivity index (χ0n) is 38.8. The minimum Gasteiger partial charge on any atom is -0.497 e. The number of Topliss-reactive ketones (excluding diaryl/α,β-unsaturated/α-hetero) is 1. The summed E-state index contributed by atoms with van der Waals surface area (Å²) in [5.41, 5.74) is 1.34. The van der Waals surface area contributed by atoms with Gasteiger partial charge in [-0.1, -0.05) is 94.9 Å². The number of carbonyl (C=O) groups excluding carboxylic acids is 2. The molecule has 0 amide bonds. The summed E-state index contributed by atoms with van der Waals surface area (Å²) >= 11 is 0. The third-order valence-corrected chi connectivity index (χ3v) is 14.6. The first kappa shape index (κ1) is 48.0. The van der Waals surface area contributed by atoms with Gasteiger partial charge in [0.1, 0.15) is 23.7 Å². The molecule has 1 N–H and O–H groups in total. The van der Waals surface area contributed by atoms with Crippen molar-refractivity contribution < 1.29 is 57.3 Å². The summed E-state index contributed by atoms with van der Waals surface area (Å²) in [5.74, 6) is -4.00. The number of aliphatic hydroxyl groups excluding tert-OH is 1. The van der Waals surface area contributed by atoms with Crippen molar-refractivity contribution in [3.63, 3.8) is 0 Å². The predicted octanol–water partition coefficient (Wildman–Crippen LogP) is 8.42. The van der Waals surface area contributed by atoms with Crippen molar-refractivity contribution in [2.45, 2.75) is 140 Å². The van der Waals surface area contributed by atoms with E-state index in [1.54, 1.807) is 38.5 Å². The van der Waals surface area contributed by atoms with Gasteiger partial charge in [-0.25, -0.2) is 4.79 Å². The quantitative estimate of drug-likeness (QED) is 0.103. The molecule has 3 aromatic carbocycles. The second-order valence-electron chi connectivity index (χ2n) is 18.9. The van der Waals surface area contributed by atoms with Crippen molar-refractivity contribution in [1.29, 1.82) is 0 Å². The van der Waals surface area contributed by atoms with Gasteiger partial charge in [0.25, 0.3) is 0 Å². The van der Waals surface area contributed by atoms with Crippen LogP contribution in [0.25, 0.3) is 0 Å². The number of aliphatic hydroxyl groups is 1. The molecule has 64 heavy (non-hydrogen) atoms. The van der Waals surface area contributed by atoms with Gasteiger partial charge in [-0.05, 0) is 74.1 Å². The number of hydrogen-bond donors (Lipinski definition) is 1. The Morgan fingerprint density at radius 1 is 0.844 bits per heavy atom. The van der Waals surface area contributed by atoms with E-state index in [9.17, 15) is 14.7 Å². The van der Waals surface area contributed by atoms with Gasteiger partial charge in [0.05, 0.1) is 80.5 Å². The largest absolute Gasteiger partial charge is 0.497 e. The van der Waals surface area contributed by atoms with Gasteiger partial charge in [0, 0.05) is 31.8 Å². The summed E-state index contributed by atoms with van der Waals surface area (Å²) < 4.78 is 58.0. The molecule has 12 heteroatoms. The van der Waals surface area contributed by atoms with Gasteiger partial charge in [0.2, 0.25) is 0 Å². The van der Waals surface area contributed by atoms with Crippen LogP contribution in [-0.4, -0.2) is 97.6 Å². The smallest absolute Gasteiger partial charge is 0.338 e. The SMILES string of the molecule is C=C1[C@@H]([C@H](C)[C@@H]2CC(=O)[C@@H](C)[C@]3(CC[C@@](C)([C@H]4CC[C@@](C)([C@H](O)COCc5ccc(OC)cc5)O4)O3)O2)O[C@@](OC)([C@@H](C)COCc2ccccc2)[C@H](C)[C@H]1OC(=O)c1ccccc1. The van der Waals surface area contributed by atoms with Crippen molar-refractivity contribution in [1.82, 2.24) is 0 Å². The second-order valence-corrected chi connectivity index (χ2v) is 18.9.